The van der Waals surface area contributed by atoms with Gasteiger partial charge in [-0.15, -0.1) is 0 Å². The molecule has 2 aromatic rings. The van der Waals surface area contributed by atoms with Crippen LogP contribution in [0.5, 0.6) is 0 Å². The van der Waals surface area contributed by atoms with Gasteiger partial charge in [0.25, 0.3) is 0 Å². The summed E-state index contributed by atoms with van der Waals surface area (Å²) in [5, 5.41) is 0.427. The molecule has 1 saturated heterocycles. The molecule has 2 aliphatic rings. The number of aromatic nitrogens is 2. The highest BCUT2D eigenvalue weighted by Gasteiger charge is 2.32. The summed E-state index contributed by atoms with van der Waals surface area (Å²) >= 11 is 6.22. The van der Waals surface area contributed by atoms with Crippen LogP contribution < -0.4 is 0 Å². The highest BCUT2D eigenvalue weighted by Crippen LogP contribution is 2.36. The maximum absolute atomic E-state index is 12.6. The molecule has 1 aliphatic heterocycles. The molecule has 2 aromatic heterocycles. The van der Waals surface area contributed by atoms with Crippen LogP contribution in [0.1, 0.15) is 37.8 Å². The fourth-order valence-electron chi connectivity index (χ4n) is 4.19. The van der Waals surface area contributed by atoms with Crippen LogP contribution >= 0.6 is 11.6 Å². The Morgan fingerprint density at radius 2 is 2.04 bits per heavy atom. The quantitative estimate of drug-likeness (QED) is 0.772. The summed E-state index contributed by atoms with van der Waals surface area (Å²) in [6.07, 6.45) is 11.8. The molecule has 0 spiro atoms. The number of nitrogens with zero attached hydrogens (tertiary/aromatic N) is 3. The van der Waals surface area contributed by atoms with Gasteiger partial charge in [0.1, 0.15) is 5.65 Å². The molecule has 0 bridgehead atoms. The van der Waals surface area contributed by atoms with Gasteiger partial charge >= 0.3 is 0 Å². The third kappa shape index (κ3) is 2.95. The van der Waals surface area contributed by atoms with E-state index in [-0.39, 0.29) is 5.91 Å². The summed E-state index contributed by atoms with van der Waals surface area (Å²) in [5.41, 5.74) is 1.55. The van der Waals surface area contributed by atoms with Gasteiger partial charge in [0.05, 0.1) is 5.69 Å². The third-order valence-electron chi connectivity index (χ3n) is 5.51. The predicted molar refractivity (Wildman–Crippen MR) is 95.9 cm³/mol. The van der Waals surface area contributed by atoms with Crippen LogP contribution in [0.25, 0.3) is 11.7 Å². The highest BCUT2D eigenvalue weighted by atomic mass is 35.5. The molecule has 1 aliphatic carbocycles. The van der Waals surface area contributed by atoms with Crippen molar-refractivity contribution in [3.63, 3.8) is 0 Å². The van der Waals surface area contributed by atoms with Crippen molar-refractivity contribution < 1.29 is 4.79 Å². The molecule has 126 valence electrons. The van der Waals surface area contributed by atoms with E-state index in [0.717, 1.165) is 36.8 Å². The number of amides is 1. The van der Waals surface area contributed by atoms with E-state index in [1.165, 1.54) is 25.7 Å². The lowest BCUT2D eigenvalue weighted by atomic mass is 9.75. The largest absolute Gasteiger partial charge is 0.339 e. The fourth-order valence-corrected chi connectivity index (χ4v) is 4.43. The number of halogens is 1. The SMILES string of the molecule is O=C(/C=C/c1c(Cl)nc2ccccn12)N1CC[C@H]2CCCC[C@H]2C1. The number of piperidine rings is 1. The van der Waals surface area contributed by atoms with Gasteiger partial charge < -0.3 is 4.90 Å². The minimum Gasteiger partial charge on any atom is -0.339 e. The number of fused-ring (bicyclic) bond motifs is 2. The van der Waals surface area contributed by atoms with E-state index in [1.807, 2.05) is 33.7 Å². The summed E-state index contributed by atoms with van der Waals surface area (Å²) in [6, 6.07) is 5.75. The van der Waals surface area contributed by atoms with Crippen LogP contribution in [0.15, 0.2) is 30.5 Å². The normalized spacial score (nSPS) is 24.5. The van der Waals surface area contributed by atoms with Crippen molar-refractivity contribution >= 4 is 29.2 Å². The molecule has 1 amide bonds. The van der Waals surface area contributed by atoms with E-state index in [1.54, 1.807) is 12.2 Å². The number of carbonyl (C=O) groups excluding carboxylic acids is 1. The number of hydrogen-bond acceptors (Lipinski definition) is 2. The Hall–Kier alpha value is -1.81. The van der Waals surface area contributed by atoms with Crippen LogP contribution in [0.2, 0.25) is 5.15 Å². The summed E-state index contributed by atoms with van der Waals surface area (Å²) in [7, 11) is 0. The molecule has 0 aromatic carbocycles. The van der Waals surface area contributed by atoms with Crippen molar-refractivity contribution in [2.45, 2.75) is 32.1 Å². The average molecular weight is 344 g/mol. The number of rotatable bonds is 2. The lowest BCUT2D eigenvalue weighted by molar-refractivity contribution is -0.128. The number of imidazole rings is 1. The summed E-state index contributed by atoms with van der Waals surface area (Å²) < 4.78 is 1.90. The van der Waals surface area contributed by atoms with Gasteiger partial charge in [-0.2, -0.15) is 0 Å². The van der Waals surface area contributed by atoms with E-state index in [0.29, 0.717) is 11.1 Å². The van der Waals surface area contributed by atoms with Crippen molar-refractivity contribution in [2.75, 3.05) is 13.1 Å². The molecule has 5 heteroatoms. The number of likely N-dealkylation sites (tertiary alicyclic amines) is 1. The van der Waals surface area contributed by atoms with E-state index in [9.17, 15) is 4.79 Å². The minimum atomic E-state index is 0.0842. The molecule has 4 rings (SSSR count). The zero-order chi connectivity index (χ0) is 16.5. The van der Waals surface area contributed by atoms with Crippen molar-refractivity contribution in [2.24, 2.45) is 11.8 Å². The first-order valence-electron chi connectivity index (χ1n) is 8.82. The second-order valence-electron chi connectivity index (χ2n) is 6.93. The van der Waals surface area contributed by atoms with E-state index in [2.05, 4.69) is 4.98 Å². The first-order chi connectivity index (χ1) is 11.7. The lowest BCUT2D eigenvalue weighted by Crippen LogP contribution is -2.44. The summed E-state index contributed by atoms with van der Waals surface area (Å²) in [5.74, 6) is 1.62. The summed E-state index contributed by atoms with van der Waals surface area (Å²) in [6.45, 7) is 1.79. The molecular formula is C19H22ClN3O. The van der Waals surface area contributed by atoms with Crippen LogP contribution in [0.4, 0.5) is 0 Å². The standard InChI is InChI=1S/C19H22ClN3O/c20-19-16(23-11-4-3-7-17(23)21-19)8-9-18(24)22-12-10-14-5-1-2-6-15(14)13-22/h3-4,7-9,11,14-15H,1-2,5-6,10,12-13H2/b9-8+/t14-,15+/m1/s1. The predicted octanol–water partition coefficient (Wildman–Crippen LogP) is 4.04. The molecule has 3 heterocycles. The highest BCUT2D eigenvalue weighted by molar-refractivity contribution is 6.31. The van der Waals surface area contributed by atoms with Crippen molar-refractivity contribution in [3.8, 4) is 0 Å². The Labute approximate surface area is 147 Å². The van der Waals surface area contributed by atoms with E-state index in [4.69, 9.17) is 11.6 Å². The summed E-state index contributed by atoms with van der Waals surface area (Å²) in [4.78, 5) is 18.9. The molecule has 0 N–H and O–H groups in total. The Morgan fingerprint density at radius 1 is 1.21 bits per heavy atom. The molecule has 2 fully saturated rings. The molecular weight excluding hydrogens is 322 g/mol. The average Bonchev–Trinajstić information content (AvgIpc) is 2.94. The monoisotopic (exact) mass is 343 g/mol. The second-order valence-corrected chi connectivity index (χ2v) is 7.29. The zero-order valence-electron chi connectivity index (χ0n) is 13.7. The molecule has 2 atom stereocenters. The molecule has 0 radical (unpaired) electrons. The molecule has 0 unspecified atom stereocenters. The lowest BCUT2D eigenvalue weighted by Gasteiger charge is -2.41. The van der Waals surface area contributed by atoms with E-state index < -0.39 is 0 Å². The fraction of sp³-hybridized carbons (Fsp3) is 0.474. The van der Waals surface area contributed by atoms with Gasteiger partial charge in [-0.05, 0) is 42.9 Å². The third-order valence-corrected chi connectivity index (χ3v) is 5.79. The molecule has 1 saturated carbocycles. The Kier molecular flexibility index (Phi) is 4.31. The van der Waals surface area contributed by atoms with Crippen molar-refractivity contribution in [1.29, 1.82) is 0 Å². The maximum Gasteiger partial charge on any atom is 0.246 e. The zero-order valence-corrected chi connectivity index (χ0v) is 14.5. The first kappa shape index (κ1) is 15.7. The van der Waals surface area contributed by atoms with Crippen molar-refractivity contribution in [1.82, 2.24) is 14.3 Å². The van der Waals surface area contributed by atoms with Gasteiger partial charge in [-0.25, -0.2) is 4.98 Å². The maximum atomic E-state index is 12.6. The van der Waals surface area contributed by atoms with Gasteiger partial charge in [0.2, 0.25) is 5.91 Å². The van der Waals surface area contributed by atoms with Crippen LogP contribution in [-0.4, -0.2) is 33.3 Å². The smallest absolute Gasteiger partial charge is 0.246 e. The van der Waals surface area contributed by atoms with Gasteiger partial charge in [-0.1, -0.05) is 36.9 Å². The molecule has 24 heavy (non-hydrogen) atoms. The number of hydrogen-bond donors (Lipinski definition) is 0. The Morgan fingerprint density at radius 3 is 2.92 bits per heavy atom. The molecule has 4 nitrogen and oxygen atoms in total. The van der Waals surface area contributed by atoms with Crippen LogP contribution in [-0.2, 0) is 4.79 Å². The Balaban J connectivity index is 1.49. The van der Waals surface area contributed by atoms with Crippen molar-refractivity contribution in [3.05, 3.63) is 41.3 Å². The van der Waals surface area contributed by atoms with E-state index >= 15 is 0 Å². The number of carbonyl (C=O) groups is 1. The minimum absolute atomic E-state index is 0.0842. The van der Waals surface area contributed by atoms with Gasteiger partial charge in [0.15, 0.2) is 5.15 Å². The topological polar surface area (TPSA) is 37.6 Å². The second kappa shape index (κ2) is 6.60. The van der Waals surface area contributed by atoms with Crippen LogP contribution in [0, 0.1) is 11.8 Å². The van der Waals surface area contributed by atoms with Crippen LogP contribution in [0.3, 0.4) is 0 Å². The number of pyridine rings is 1. The van der Waals surface area contributed by atoms with Gasteiger partial charge in [-0.3, -0.25) is 9.20 Å². The van der Waals surface area contributed by atoms with Gasteiger partial charge in [0, 0.05) is 25.4 Å². The Bertz CT molecular complexity index is 782. The first-order valence-corrected chi connectivity index (χ1v) is 9.20.